The van der Waals surface area contributed by atoms with E-state index in [9.17, 15) is 18.0 Å². The van der Waals surface area contributed by atoms with Gasteiger partial charge in [0, 0.05) is 44.4 Å². The lowest BCUT2D eigenvalue weighted by atomic mass is 10.2. The van der Waals surface area contributed by atoms with E-state index in [2.05, 4.69) is 4.72 Å². The van der Waals surface area contributed by atoms with Crippen molar-refractivity contribution >= 4 is 33.4 Å². The summed E-state index contributed by atoms with van der Waals surface area (Å²) < 4.78 is 33.1. The van der Waals surface area contributed by atoms with Crippen LogP contribution in [0.3, 0.4) is 0 Å². The normalized spacial score (nSPS) is 14.6. The number of aromatic nitrogens is 1. The van der Waals surface area contributed by atoms with Crippen molar-refractivity contribution in [2.24, 2.45) is 7.05 Å². The molecule has 1 aliphatic rings. The molecule has 1 aromatic heterocycles. The number of benzene rings is 1. The molecule has 2 amide bonds. The van der Waals surface area contributed by atoms with Gasteiger partial charge in [0.25, 0.3) is 11.8 Å². The van der Waals surface area contributed by atoms with Gasteiger partial charge in [-0.05, 0) is 37.4 Å². The van der Waals surface area contributed by atoms with Crippen LogP contribution in [0.5, 0.6) is 5.75 Å². The van der Waals surface area contributed by atoms with Crippen LogP contribution in [0, 0.1) is 0 Å². The summed E-state index contributed by atoms with van der Waals surface area (Å²) in [7, 11) is -0.694. The monoisotopic (exact) mass is 454 g/mol. The van der Waals surface area contributed by atoms with Crippen LogP contribution >= 0.6 is 11.6 Å². The Morgan fingerprint density at radius 2 is 1.70 bits per heavy atom. The second-order valence-electron chi connectivity index (χ2n) is 6.80. The largest absolute Gasteiger partial charge is 0.484 e. The van der Waals surface area contributed by atoms with Gasteiger partial charge in [-0.15, -0.1) is 0 Å². The van der Waals surface area contributed by atoms with E-state index in [-0.39, 0.29) is 29.0 Å². The minimum absolute atomic E-state index is 0.0315. The predicted molar refractivity (Wildman–Crippen MR) is 111 cm³/mol. The molecule has 9 nitrogen and oxygen atoms in total. The number of nitrogens with one attached hydrogen (secondary N) is 1. The molecule has 3 rings (SSSR count). The van der Waals surface area contributed by atoms with Gasteiger partial charge < -0.3 is 19.1 Å². The first-order valence-electron chi connectivity index (χ1n) is 9.26. The summed E-state index contributed by atoms with van der Waals surface area (Å²) in [6, 6.07) is 8.10. The fraction of sp³-hybridized carbons (Fsp3) is 0.368. The maximum absolute atomic E-state index is 12.8. The maximum Gasteiger partial charge on any atom is 0.270 e. The highest BCUT2D eigenvalue weighted by molar-refractivity contribution is 7.89. The van der Waals surface area contributed by atoms with E-state index in [0.29, 0.717) is 37.0 Å². The SMILES string of the molecule is CNS(=O)(=O)c1cc(C(=O)N2CCN(C(=O)COc3ccc(Cl)cc3)CC2)n(C)c1. The van der Waals surface area contributed by atoms with Crippen LogP contribution in [0.2, 0.25) is 5.02 Å². The number of hydrogen-bond donors (Lipinski definition) is 1. The first-order chi connectivity index (χ1) is 14.2. The first-order valence-corrected chi connectivity index (χ1v) is 11.1. The van der Waals surface area contributed by atoms with Crippen LogP contribution in [0.4, 0.5) is 0 Å². The second-order valence-corrected chi connectivity index (χ2v) is 9.12. The van der Waals surface area contributed by atoms with E-state index >= 15 is 0 Å². The van der Waals surface area contributed by atoms with Crippen LogP contribution in [-0.2, 0) is 21.9 Å². The van der Waals surface area contributed by atoms with Crippen molar-refractivity contribution in [3.8, 4) is 5.75 Å². The van der Waals surface area contributed by atoms with Crippen LogP contribution in [0.15, 0.2) is 41.4 Å². The number of halogens is 1. The zero-order valence-corrected chi connectivity index (χ0v) is 18.2. The number of carbonyl (C=O) groups excluding carboxylic acids is 2. The Morgan fingerprint density at radius 3 is 2.30 bits per heavy atom. The lowest BCUT2D eigenvalue weighted by molar-refractivity contribution is -0.134. The van der Waals surface area contributed by atoms with Gasteiger partial charge in [0.1, 0.15) is 16.3 Å². The van der Waals surface area contributed by atoms with Gasteiger partial charge >= 0.3 is 0 Å². The topological polar surface area (TPSA) is 101 Å². The summed E-state index contributed by atoms with van der Waals surface area (Å²) in [5.74, 6) is 0.107. The van der Waals surface area contributed by atoms with E-state index in [1.165, 1.54) is 23.9 Å². The lowest BCUT2D eigenvalue weighted by Crippen LogP contribution is -2.51. The van der Waals surface area contributed by atoms with E-state index in [1.807, 2.05) is 0 Å². The third-order valence-corrected chi connectivity index (χ3v) is 6.51. The molecule has 0 radical (unpaired) electrons. The summed E-state index contributed by atoms with van der Waals surface area (Å²) >= 11 is 5.82. The molecule has 0 saturated carbocycles. The van der Waals surface area contributed by atoms with Gasteiger partial charge in [0.15, 0.2) is 6.61 Å². The van der Waals surface area contributed by atoms with Crippen LogP contribution < -0.4 is 9.46 Å². The fourth-order valence-electron chi connectivity index (χ4n) is 3.10. The molecule has 11 heteroatoms. The Kier molecular flexibility index (Phi) is 6.69. The fourth-order valence-corrected chi connectivity index (χ4v) is 4.03. The molecular formula is C19H23ClN4O5S. The van der Waals surface area contributed by atoms with Gasteiger partial charge in [0.2, 0.25) is 10.0 Å². The van der Waals surface area contributed by atoms with Crippen molar-refractivity contribution in [1.82, 2.24) is 19.1 Å². The molecule has 2 aromatic rings. The van der Waals surface area contributed by atoms with Gasteiger partial charge in [-0.1, -0.05) is 11.6 Å². The Balaban J connectivity index is 1.55. The smallest absolute Gasteiger partial charge is 0.270 e. The minimum Gasteiger partial charge on any atom is -0.484 e. The number of amides is 2. The molecule has 30 heavy (non-hydrogen) atoms. The Bertz CT molecular complexity index is 1030. The number of piperazine rings is 1. The Labute approximate surface area is 180 Å². The zero-order valence-electron chi connectivity index (χ0n) is 16.7. The number of carbonyl (C=O) groups is 2. The Hall–Kier alpha value is -2.56. The Morgan fingerprint density at radius 1 is 1.10 bits per heavy atom. The molecule has 0 atom stereocenters. The van der Waals surface area contributed by atoms with Crippen LogP contribution in [0.1, 0.15) is 10.5 Å². The maximum atomic E-state index is 12.8. The van der Waals surface area contributed by atoms with E-state index in [0.717, 1.165) is 0 Å². The molecular weight excluding hydrogens is 432 g/mol. The van der Waals surface area contributed by atoms with Crippen molar-refractivity contribution in [1.29, 1.82) is 0 Å². The quantitative estimate of drug-likeness (QED) is 0.700. The standard InChI is InChI=1S/C19H23ClN4O5S/c1-21-30(27,28)16-11-17(22(2)12-16)19(26)24-9-7-23(8-10-24)18(25)13-29-15-5-3-14(20)4-6-15/h3-6,11-12,21H,7-10,13H2,1-2H3. The average molecular weight is 455 g/mol. The van der Waals surface area contributed by atoms with E-state index < -0.39 is 10.0 Å². The summed E-state index contributed by atoms with van der Waals surface area (Å²) in [4.78, 5) is 28.5. The summed E-state index contributed by atoms with van der Waals surface area (Å²) in [6.45, 7) is 1.36. The summed E-state index contributed by atoms with van der Waals surface area (Å²) in [5, 5.41) is 0.586. The number of sulfonamides is 1. The number of ether oxygens (including phenoxy) is 1. The van der Waals surface area contributed by atoms with Crippen molar-refractivity contribution in [2.75, 3.05) is 39.8 Å². The van der Waals surface area contributed by atoms with Crippen LogP contribution in [-0.4, -0.2) is 74.4 Å². The molecule has 2 heterocycles. The zero-order chi connectivity index (χ0) is 21.9. The van der Waals surface area contributed by atoms with Gasteiger partial charge in [-0.25, -0.2) is 13.1 Å². The molecule has 162 valence electrons. The third kappa shape index (κ3) is 4.94. The number of rotatable bonds is 6. The molecule has 0 unspecified atom stereocenters. The predicted octanol–water partition coefficient (Wildman–Crippen LogP) is 0.950. The molecule has 1 saturated heterocycles. The number of hydrogen-bond acceptors (Lipinski definition) is 5. The number of aryl methyl sites for hydroxylation is 1. The third-order valence-electron chi connectivity index (χ3n) is 4.87. The molecule has 0 aliphatic carbocycles. The van der Waals surface area contributed by atoms with E-state index in [1.54, 1.807) is 41.1 Å². The highest BCUT2D eigenvalue weighted by Gasteiger charge is 2.27. The highest BCUT2D eigenvalue weighted by atomic mass is 35.5. The number of nitrogens with zero attached hydrogens (tertiary/aromatic N) is 3. The second kappa shape index (κ2) is 9.07. The molecule has 1 fully saturated rings. The molecule has 0 bridgehead atoms. The van der Waals surface area contributed by atoms with Gasteiger partial charge in [0.05, 0.1) is 0 Å². The van der Waals surface area contributed by atoms with Crippen molar-refractivity contribution in [2.45, 2.75) is 4.90 Å². The molecule has 0 spiro atoms. The molecule has 1 N–H and O–H groups in total. The van der Waals surface area contributed by atoms with E-state index in [4.69, 9.17) is 16.3 Å². The molecule has 1 aliphatic heterocycles. The summed E-state index contributed by atoms with van der Waals surface area (Å²) in [5.41, 5.74) is 0.273. The average Bonchev–Trinajstić information content (AvgIpc) is 3.15. The van der Waals surface area contributed by atoms with Crippen LogP contribution in [0.25, 0.3) is 0 Å². The van der Waals surface area contributed by atoms with Crippen molar-refractivity contribution < 1.29 is 22.7 Å². The highest BCUT2D eigenvalue weighted by Crippen LogP contribution is 2.17. The molecule has 1 aromatic carbocycles. The minimum atomic E-state index is -3.63. The van der Waals surface area contributed by atoms with Crippen molar-refractivity contribution in [3.05, 3.63) is 47.2 Å². The van der Waals surface area contributed by atoms with Crippen molar-refractivity contribution in [3.63, 3.8) is 0 Å². The van der Waals surface area contributed by atoms with Gasteiger partial charge in [-0.3, -0.25) is 9.59 Å². The lowest BCUT2D eigenvalue weighted by Gasteiger charge is -2.34. The van der Waals surface area contributed by atoms with Gasteiger partial charge in [-0.2, -0.15) is 0 Å². The summed E-state index contributed by atoms with van der Waals surface area (Å²) in [6.07, 6.45) is 1.40. The first kappa shape index (κ1) is 22.1.